The van der Waals surface area contributed by atoms with Crippen LogP contribution < -0.4 is 4.74 Å². The minimum absolute atomic E-state index is 0.537. The van der Waals surface area contributed by atoms with E-state index in [0.29, 0.717) is 11.8 Å². The predicted octanol–water partition coefficient (Wildman–Crippen LogP) is 8.31. The highest BCUT2D eigenvalue weighted by molar-refractivity contribution is 5.38. The summed E-state index contributed by atoms with van der Waals surface area (Å²) in [7, 11) is 0. The fourth-order valence-corrected chi connectivity index (χ4v) is 4.44. The van der Waals surface area contributed by atoms with Gasteiger partial charge in [0.05, 0.1) is 6.61 Å². The zero-order valence-corrected chi connectivity index (χ0v) is 19.7. The number of unbranched alkanes of at least 4 members (excludes halogenated alkanes) is 4. The molecule has 1 fully saturated rings. The molecule has 0 unspecified atom stereocenters. The molecule has 1 nitrogen and oxygen atoms in total. The first kappa shape index (κ1) is 23.5. The molecule has 1 saturated carbocycles. The van der Waals surface area contributed by atoms with E-state index in [1.54, 1.807) is 0 Å². The van der Waals surface area contributed by atoms with Crippen LogP contribution in [0, 0.1) is 17.8 Å². The molecule has 0 N–H and O–H groups in total. The maximum Gasteiger partial charge on any atom is 0.119 e. The van der Waals surface area contributed by atoms with Crippen molar-refractivity contribution in [1.82, 2.24) is 0 Å². The van der Waals surface area contributed by atoms with Gasteiger partial charge in [0.2, 0.25) is 0 Å². The number of hydrogen-bond acceptors (Lipinski definition) is 1. The van der Waals surface area contributed by atoms with Crippen LogP contribution in [0.3, 0.4) is 0 Å². The summed E-state index contributed by atoms with van der Waals surface area (Å²) in [6.07, 6.45) is 13.8. The van der Waals surface area contributed by atoms with E-state index < -0.39 is 0 Å². The predicted molar refractivity (Wildman–Crippen MR) is 133 cm³/mol. The topological polar surface area (TPSA) is 9.23 Å². The molecule has 0 heterocycles. The molecule has 1 aliphatic carbocycles. The molecule has 31 heavy (non-hydrogen) atoms. The Balaban J connectivity index is 1.42. The van der Waals surface area contributed by atoms with Gasteiger partial charge in [-0.3, -0.25) is 0 Å². The van der Waals surface area contributed by atoms with E-state index in [4.69, 9.17) is 4.74 Å². The van der Waals surface area contributed by atoms with Crippen molar-refractivity contribution in [3.8, 4) is 17.6 Å². The lowest BCUT2D eigenvalue weighted by molar-refractivity contribution is 0.309. The maximum atomic E-state index is 5.74. The Bertz CT molecular complexity index is 798. The second-order valence-corrected chi connectivity index (χ2v) is 9.10. The molecule has 0 bridgehead atoms. The SMILES string of the molecule is CCCCCCc1ccc(C2CCC(C#Cc3ccc(OCCCC)cc3)CC2)cc1. The Hall–Kier alpha value is -2.20. The quantitative estimate of drug-likeness (QED) is 0.279. The van der Waals surface area contributed by atoms with Crippen LogP contribution in [-0.2, 0) is 6.42 Å². The van der Waals surface area contributed by atoms with Crippen molar-refractivity contribution in [3.63, 3.8) is 0 Å². The van der Waals surface area contributed by atoms with Crippen LogP contribution in [0.15, 0.2) is 48.5 Å². The van der Waals surface area contributed by atoms with Gasteiger partial charge < -0.3 is 4.74 Å². The molecule has 0 radical (unpaired) electrons. The van der Waals surface area contributed by atoms with Crippen molar-refractivity contribution in [1.29, 1.82) is 0 Å². The number of benzene rings is 2. The monoisotopic (exact) mass is 416 g/mol. The zero-order chi connectivity index (χ0) is 21.7. The van der Waals surface area contributed by atoms with Crippen LogP contribution in [0.1, 0.15) is 101 Å². The Morgan fingerprint density at radius 3 is 2.16 bits per heavy atom. The Labute approximate surface area is 190 Å². The summed E-state index contributed by atoms with van der Waals surface area (Å²) in [5.74, 6) is 9.13. The van der Waals surface area contributed by atoms with Crippen LogP contribution in [0.2, 0.25) is 0 Å². The fraction of sp³-hybridized carbons (Fsp3) is 0.533. The second-order valence-electron chi connectivity index (χ2n) is 9.10. The van der Waals surface area contributed by atoms with Crippen molar-refractivity contribution in [3.05, 3.63) is 65.2 Å². The van der Waals surface area contributed by atoms with Gasteiger partial charge in [-0.15, -0.1) is 0 Å². The van der Waals surface area contributed by atoms with Crippen molar-refractivity contribution < 1.29 is 4.74 Å². The van der Waals surface area contributed by atoms with Crippen molar-refractivity contribution in [2.24, 2.45) is 5.92 Å². The molecule has 0 spiro atoms. The molecule has 0 amide bonds. The average molecular weight is 417 g/mol. The van der Waals surface area contributed by atoms with Gasteiger partial charge >= 0.3 is 0 Å². The first-order valence-corrected chi connectivity index (χ1v) is 12.6. The molecule has 2 aromatic rings. The molecule has 2 aromatic carbocycles. The lowest BCUT2D eigenvalue weighted by Crippen LogP contribution is -2.12. The summed E-state index contributed by atoms with van der Waals surface area (Å²) < 4.78 is 5.74. The summed E-state index contributed by atoms with van der Waals surface area (Å²) in [5, 5.41) is 0. The number of hydrogen-bond donors (Lipinski definition) is 0. The maximum absolute atomic E-state index is 5.74. The Kier molecular flexibility index (Phi) is 10.0. The van der Waals surface area contributed by atoms with Gasteiger partial charge in [-0.1, -0.05) is 75.6 Å². The average Bonchev–Trinajstić information content (AvgIpc) is 2.82. The largest absolute Gasteiger partial charge is 0.494 e. The molecule has 0 aromatic heterocycles. The zero-order valence-electron chi connectivity index (χ0n) is 19.7. The highest BCUT2D eigenvalue weighted by Gasteiger charge is 2.21. The molecule has 166 valence electrons. The van der Waals surface area contributed by atoms with Crippen LogP contribution in [0.4, 0.5) is 0 Å². The minimum Gasteiger partial charge on any atom is -0.494 e. The van der Waals surface area contributed by atoms with Gasteiger partial charge in [0.1, 0.15) is 5.75 Å². The van der Waals surface area contributed by atoms with Crippen LogP contribution in [0.25, 0.3) is 0 Å². The third-order valence-corrected chi connectivity index (χ3v) is 6.54. The van der Waals surface area contributed by atoms with E-state index in [-0.39, 0.29) is 0 Å². The fourth-order valence-electron chi connectivity index (χ4n) is 4.44. The third kappa shape index (κ3) is 8.10. The molecule has 1 aliphatic rings. The highest BCUT2D eigenvalue weighted by Crippen LogP contribution is 2.35. The Morgan fingerprint density at radius 2 is 1.48 bits per heavy atom. The lowest BCUT2D eigenvalue weighted by Gasteiger charge is -2.26. The van der Waals surface area contributed by atoms with Crippen LogP contribution in [0.5, 0.6) is 5.75 Å². The van der Waals surface area contributed by atoms with Gasteiger partial charge in [0.15, 0.2) is 0 Å². The molecular formula is C30H40O. The third-order valence-electron chi connectivity index (χ3n) is 6.54. The molecule has 0 atom stereocenters. The summed E-state index contributed by atoms with van der Waals surface area (Å²) in [5.41, 5.74) is 4.13. The summed E-state index contributed by atoms with van der Waals surface area (Å²) >= 11 is 0. The van der Waals surface area contributed by atoms with Gasteiger partial charge in [0.25, 0.3) is 0 Å². The standard InChI is InChI=1S/C30H40O/c1-3-5-7-8-9-25-12-18-28(19-13-25)29-20-14-26(15-21-29)10-11-27-16-22-30(23-17-27)31-24-6-4-2/h12-13,16-19,22-23,26,29H,3-9,14-15,20-21,24H2,1-2H3. The Morgan fingerprint density at radius 1 is 0.774 bits per heavy atom. The summed E-state index contributed by atoms with van der Waals surface area (Å²) in [6.45, 7) is 5.26. The van der Waals surface area contributed by atoms with Crippen LogP contribution >= 0.6 is 0 Å². The number of rotatable bonds is 10. The normalized spacial score (nSPS) is 18.3. The van der Waals surface area contributed by atoms with E-state index >= 15 is 0 Å². The van der Waals surface area contributed by atoms with Crippen molar-refractivity contribution in [2.45, 2.75) is 90.4 Å². The van der Waals surface area contributed by atoms with Gasteiger partial charge in [0, 0.05) is 11.5 Å². The van der Waals surface area contributed by atoms with Gasteiger partial charge in [-0.05, 0) is 86.3 Å². The molecule has 1 heteroatoms. The number of ether oxygens (including phenoxy) is 1. The smallest absolute Gasteiger partial charge is 0.119 e. The molecule has 0 saturated heterocycles. The summed E-state index contributed by atoms with van der Waals surface area (Å²) in [6, 6.07) is 17.8. The molecular weight excluding hydrogens is 376 g/mol. The lowest BCUT2D eigenvalue weighted by atomic mass is 9.78. The molecule has 3 rings (SSSR count). The summed E-state index contributed by atoms with van der Waals surface area (Å²) in [4.78, 5) is 0. The van der Waals surface area contributed by atoms with E-state index in [1.807, 2.05) is 12.1 Å². The first-order valence-electron chi connectivity index (χ1n) is 12.6. The van der Waals surface area contributed by atoms with E-state index in [9.17, 15) is 0 Å². The van der Waals surface area contributed by atoms with Gasteiger partial charge in [-0.25, -0.2) is 0 Å². The van der Waals surface area contributed by atoms with Crippen molar-refractivity contribution >= 4 is 0 Å². The number of aryl methyl sites for hydroxylation is 1. The van der Waals surface area contributed by atoms with E-state index in [0.717, 1.165) is 30.8 Å². The first-order chi connectivity index (χ1) is 15.3. The minimum atomic E-state index is 0.537. The second kappa shape index (κ2) is 13.3. The van der Waals surface area contributed by atoms with E-state index in [2.05, 4.69) is 62.1 Å². The van der Waals surface area contributed by atoms with Crippen LogP contribution in [-0.4, -0.2) is 6.61 Å². The van der Waals surface area contributed by atoms with Crippen molar-refractivity contribution in [2.75, 3.05) is 6.61 Å². The van der Waals surface area contributed by atoms with E-state index in [1.165, 1.54) is 68.9 Å². The molecule has 0 aliphatic heterocycles. The highest BCUT2D eigenvalue weighted by atomic mass is 16.5. The van der Waals surface area contributed by atoms with Gasteiger partial charge in [-0.2, -0.15) is 0 Å².